The molecule has 1 atom stereocenters. The molecule has 0 spiro atoms. The topological polar surface area (TPSA) is 45.2 Å². The maximum atomic E-state index is 12.9. The summed E-state index contributed by atoms with van der Waals surface area (Å²) < 4.78 is 11.2. The summed E-state index contributed by atoms with van der Waals surface area (Å²) in [6.45, 7) is 10.3. The molecule has 144 valence electrons. The molecule has 3 rings (SSSR count). The molecular formula is C20H31N3O3. The molecule has 2 saturated heterocycles. The molecule has 6 nitrogen and oxygen atoms in total. The van der Waals surface area contributed by atoms with Crippen LogP contribution in [-0.2, 0) is 9.53 Å². The van der Waals surface area contributed by atoms with Crippen LogP contribution in [0.1, 0.15) is 13.3 Å². The lowest BCUT2D eigenvalue weighted by atomic mass is 10.1. The Kier molecular flexibility index (Phi) is 7.29. The van der Waals surface area contributed by atoms with Crippen molar-refractivity contribution in [2.24, 2.45) is 0 Å². The maximum absolute atomic E-state index is 12.9. The molecule has 2 heterocycles. The van der Waals surface area contributed by atoms with Gasteiger partial charge in [-0.25, -0.2) is 0 Å². The Morgan fingerprint density at radius 2 is 1.77 bits per heavy atom. The molecule has 6 heteroatoms. The van der Waals surface area contributed by atoms with Crippen LogP contribution in [0, 0.1) is 0 Å². The zero-order chi connectivity index (χ0) is 18.2. The predicted molar refractivity (Wildman–Crippen MR) is 101 cm³/mol. The zero-order valence-corrected chi connectivity index (χ0v) is 15.8. The van der Waals surface area contributed by atoms with Gasteiger partial charge in [-0.15, -0.1) is 0 Å². The van der Waals surface area contributed by atoms with Crippen molar-refractivity contribution in [3.05, 3.63) is 30.3 Å². The van der Waals surface area contributed by atoms with Crippen LogP contribution in [0.2, 0.25) is 0 Å². The van der Waals surface area contributed by atoms with Gasteiger partial charge in [0.15, 0.2) is 0 Å². The summed E-state index contributed by atoms with van der Waals surface area (Å²) in [4.78, 5) is 19.6. The summed E-state index contributed by atoms with van der Waals surface area (Å²) in [6.07, 6.45) is 0.865. The third-order valence-corrected chi connectivity index (χ3v) is 5.26. The molecule has 2 aliphatic heterocycles. The fourth-order valence-corrected chi connectivity index (χ4v) is 3.69. The Morgan fingerprint density at radius 3 is 2.42 bits per heavy atom. The summed E-state index contributed by atoms with van der Waals surface area (Å²) in [7, 11) is 0. The Bertz CT molecular complexity index is 540. The zero-order valence-electron chi connectivity index (χ0n) is 15.8. The average Bonchev–Trinajstić information content (AvgIpc) is 2.71. The number of para-hydroxylation sites is 1. The smallest absolute Gasteiger partial charge is 0.240 e. The van der Waals surface area contributed by atoms with Crippen molar-refractivity contribution >= 4 is 5.91 Å². The van der Waals surface area contributed by atoms with Crippen LogP contribution in [0.25, 0.3) is 0 Å². The first-order valence-electron chi connectivity index (χ1n) is 9.78. The van der Waals surface area contributed by atoms with Crippen LogP contribution >= 0.6 is 0 Å². The SMILES string of the molecule is CC[C@H](C(=O)N1CCN(CCOc2ccccc2)CC1)N1CCOCC1. The first-order valence-corrected chi connectivity index (χ1v) is 9.78. The highest BCUT2D eigenvalue weighted by molar-refractivity contribution is 5.82. The van der Waals surface area contributed by atoms with Crippen LogP contribution in [-0.4, -0.2) is 92.3 Å². The molecule has 1 aromatic carbocycles. The summed E-state index contributed by atoms with van der Waals surface area (Å²) in [5.74, 6) is 1.20. The summed E-state index contributed by atoms with van der Waals surface area (Å²) in [5, 5.41) is 0. The predicted octanol–water partition coefficient (Wildman–Crippen LogP) is 1.32. The fraction of sp³-hybridized carbons (Fsp3) is 0.650. The average molecular weight is 361 g/mol. The maximum Gasteiger partial charge on any atom is 0.240 e. The van der Waals surface area contributed by atoms with Crippen LogP contribution in [0.4, 0.5) is 0 Å². The van der Waals surface area contributed by atoms with Crippen LogP contribution in [0.15, 0.2) is 30.3 Å². The van der Waals surface area contributed by atoms with E-state index in [1.165, 1.54) is 0 Å². The van der Waals surface area contributed by atoms with Crippen molar-refractivity contribution in [2.45, 2.75) is 19.4 Å². The molecule has 0 radical (unpaired) electrons. The van der Waals surface area contributed by atoms with E-state index in [1.807, 2.05) is 35.2 Å². The summed E-state index contributed by atoms with van der Waals surface area (Å²) in [5.41, 5.74) is 0. The third-order valence-electron chi connectivity index (χ3n) is 5.26. The first-order chi connectivity index (χ1) is 12.8. The molecule has 1 aromatic rings. The number of carbonyl (C=O) groups excluding carboxylic acids is 1. The minimum absolute atomic E-state index is 0.00636. The molecule has 2 aliphatic rings. The van der Waals surface area contributed by atoms with Gasteiger partial charge in [0.1, 0.15) is 12.4 Å². The van der Waals surface area contributed by atoms with E-state index >= 15 is 0 Å². The normalized spacial score (nSPS) is 20.7. The third kappa shape index (κ3) is 5.19. The van der Waals surface area contributed by atoms with E-state index in [9.17, 15) is 4.79 Å². The van der Waals surface area contributed by atoms with Crippen LogP contribution in [0.5, 0.6) is 5.75 Å². The molecule has 26 heavy (non-hydrogen) atoms. The highest BCUT2D eigenvalue weighted by atomic mass is 16.5. The van der Waals surface area contributed by atoms with Gasteiger partial charge in [-0.3, -0.25) is 14.6 Å². The number of benzene rings is 1. The lowest BCUT2D eigenvalue weighted by Crippen LogP contribution is -2.56. The summed E-state index contributed by atoms with van der Waals surface area (Å²) in [6, 6.07) is 9.92. The second-order valence-electron chi connectivity index (χ2n) is 6.90. The lowest BCUT2D eigenvalue weighted by Gasteiger charge is -2.39. The van der Waals surface area contributed by atoms with Gasteiger partial charge in [-0.2, -0.15) is 0 Å². The number of piperazine rings is 1. The molecule has 0 N–H and O–H groups in total. The van der Waals surface area contributed by atoms with Gasteiger partial charge in [0.25, 0.3) is 0 Å². The van der Waals surface area contributed by atoms with Crippen molar-refractivity contribution in [1.29, 1.82) is 0 Å². The number of hydrogen-bond donors (Lipinski definition) is 0. The minimum Gasteiger partial charge on any atom is -0.492 e. The second-order valence-corrected chi connectivity index (χ2v) is 6.90. The number of amides is 1. The summed E-state index contributed by atoms with van der Waals surface area (Å²) >= 11 is 0. The number of nitrogens with zero attached hydrogens (tertiary/aromatic N) is 3. The second kappa shape index (κ2) is 9.90. The molecule has 1 amide bonds. The molecule has 0 aromatic heterocycles. The molecule has 0 saturated carbocycles. The number of morpholine rings is 1. The highest BCUT2D eigenvalue weighted by Gasteiger charge is 2.31. The fourth-order valence-electron chi connectivity index (χ4n) is 3.69. The van der Waals surface area contributed by atoms with Crippen molar-refractivity contribution in [1.82, 2.24) is 14.7 Å². The van der Waals surface area contributed by atoms with Gasteiger partial charge in [-0.05, 0) is 18.6 Å². The molecule has 0 aliphatic carbocycles. The van der Waals surface area contributed by atoms with Gasteiger partial charge >= 0.3 is 0 Å². The van der Waals surface area contributed by atoms with Crippen molar-refractivity contribution in [3.63, 3.8) is 0 Å². The van der Waals surface area contributed by atoms with Crippen molar-refractivity contribution in [3.8, 4) is 5.75 Å². The van der Waals surface area contributed by atoms with Gasteiger partial charge in [-0.1, -0.05) is 25.1 Å². The van der Waals surface area contributed by atoms with E-state index in [4.69, 9.17) is 9.47 Å². The van der Waals surface area contributed by atoms with E-state index in [1.54, 1.807) is 0 Å². The first kappa shape index (κ1) is 19.1. The number of ether oxygens (including phenoxy) is 2. The Hall–Kier alpha value is -1.63. The van der Waals surface area contributed by atoms with Gasteiger partial charge in [0.05, 0.1) is 19.3 Å². The van der Waals surface area contributed by atoms with E-state index in [0.717, 1.165) is 71.2 Å². The van der Waals surface area contributed by atoms with Gasteiger partial charge in [0, 0.05) is 45.8 Å². The molecule has 2 fully saturated rings. The lowest BCUT2D eigenvalue weighted by molar-refractivity contribution is -0.140. The van der Waals surface area contributed by atoms with Gasteiger partial charge < -0.3 is 14.4 Å². The van der Waals surface area contributed by atoms with Crippen molar-refractivity contribution < 1.29 is 14.3 Å². The van der Waals surface area contributed by atoms with Crippen LogP contribution < -0.4 is 4.74 Å². The molecule has 0 bridgehead atoms. The number of rotatable bonds is 7. The van der Waals surface area contributed by atoms with Crippen LogP contribution in [0.3, 0.4) is 0 Å². The number of hydrogen-bond acceptors (Lipinski definition) is 5. The number of carbonyl (C=O) groups is 1. The standard InChI is InChI=1S/C20H31N3O3/c1-2-19(22-13-15-25-16-14-22)20(24)23-10-8-21(9-11-23)12-17-26-18-6-4-3-5-7-18/h3-7,19H,2,8-17H2,1H3/t19-/m1/s1. The quantitative estimate of drug-likeness (QED) is 0.733. The van der Waals surface area contributed by atoms with E-state index < -0.39 is 0 Å². The Balaban J connectivity index is 1.40. The molecule has 0 unspecified atom stereocenters. The Labute approximate surface area is 156 Å². The highest BCUT2D eigenvalue weighted by Crippen LogP contribution is 2.13. The minimum atomic E-state index is 0.00636. The van der Waals surface area contributed by atoms with E-state index in [-0.39, 0.29) is 11.9 Å². The van der Waals surface area contributed by atoms with E-state index in [0.29, 0.717) is 6.61 Å². The van der Waals surface area contributed by atoms with Crippen molar-refractivity contribution in [2.75, 3.05) is 65.6 Å². The molecular weight excluding hydrogens is 330 g/mol. The Morgan fingerprint density at radius 1 is 1.08 bits per heavy atom. The monoisotopic (exact) mass is 361 g/mol. The van der Waals surface area contributed by atoms with Gasteiger partial charge in [0.2, 0.25) is 5.91 Å². The largest absolute Gasteiger partial charge is 0.492 e. The van der Waals surface area contributed by atoms with E-state index in [2.05, 4.69) is 16.7 Å².